The van der Waals surface area contributed by atoms with E-state index in [1.165, 1.54) is 16.9 Å². The van der Waals surface area contributed by atoms with E-state index in [2.05, 4.69) is 65.7 Å². The Bertz CT molecular complexity index is 3330. The number of carbonyl (C=O) groups is 3. The van der Waals surface area contributed by atoms with Gasteiger partial charge in [-0.2, -0.15) is 9.97 Å². The summed E-state index contributed by atoms with van der Waals surface area (Å²) in [5.74, 6) is 0.806. The number of aryl methyl sites for hydroxylation is 1. The van der Waals surface area contributed by atoms with Crippen molar-refractivity contribution in [3.05, 3.63) is 88.7 Å². The lowest BCUT2D eigenvalue weighted by Crippen LogP contribution is -2.59. The summed E-state index contributed by atoms with van der Waals surface area (Å²) in [6.45, 7) is 21.4. The summed E-state index contributed by atoms with van der Waals surface area (Å²) in [7, 11) is 0. The number of likely N-dealkylation sites (tertiary alicyclic amines) is 2. The van der Waals surface area contributed by atoms with Gasteiger partial charge in [0.05, 0.1) is 51.4 Å². The number of hydrogen-bond acceptors (Lipinski definition) is 16. The molecule has 0 saturated carbocycles. The lowest BCUT2D eigenvalue weighted by molar-refractivity contribution is -0.144. The van der Waals surface area contributed by atoms with Gasteiger partial charge < -0.3 is 45.6 Å². The highest BCUT2D eigenvalue weighted by atomic mass is 32.1. The van der Waals surface area contributed by atoms with Crippen LogP contribution in [0.15, 0.2) is 66.3 Å². The summed E-state index contributed by atoms with van der Waals surface area (Å²) in [6.07, 6.45) is 6.87. The summed E-state index contributed by atoms with van der Waals surface area (Å²) in [6, 6.07) is 17.1. The number of ether oxygens (including phenoxy) is 1. The number of phenolic OH excluding ortho intramolecular Hbond substituents is 1. The number of aliphatic hydroxyl groups excluding tert-OH is 1. The summed E-state index contributed by atoms with van der Waals surface area (Å²) in [5, 5.41) is 34.6. The number of amides is 3. The third-order valence-electron chi connectivity index (χ3n) is 18.5. The van der Waals surface area contributed by atoms with Gasteiger partial charge in [0.25, 0.3) is 0 Å². The van der Waals surface area contributed by atoms with Gasteiger partial charge in [0.1, 0.15) is 30.3 Å². The van der Waals surface area contributed by atoms with Crippen molar-refractivity contribution in [1.29, 1.82) is 0 Å². The summed E-state index contributed by atoms with van der Waals surface area (Å²) >= 11 is 1.59. The molecule has 82 heavy (non-hydrogen) atoms. The fourth-order valence-electron chi connectivity index (χ4n) is 13.9. The first-order chi connectivity index (χ1) is 39.5. The normalized spacial score (nSPS) is 23.4. The van der Waals surface area contributed by atoms with Crippen LogP contribution in [0.5, 0.6) is 11.8 Å². The number of piperidine rings is 1. The second-order valence-corrected chi connectivity index (χ2v) is 26.1. The van der Waals surface area contributed by atoms with Gasteiger partial charge in [-0.05, 0) is 110 Å². The van der Waals surface area contributed by atoms with Crippen molar-refractivity contribution in [1.82, 2.24) is 55.5 Å². The Kier molecular flexibility index (Phi) is 16.0. The maximum absolute atomic E-state index is 14.4. The van der Waals surface area contributed by atoms with Gasteiger partial charge in [-0.25, -0.2) is 4.98 Å². The first-order valence-corrected chi connectivity index (χ1v) is 30.8. The number of rotatable bonds is 15. The van der Waals surface area contributed by atoms with Crippen molar-refractivity contribution < 1.29 is 29.3 Å². The lowest BCUT2D eigenvalue weighted by atomic mass is 9.79. The number of piperazine rings is 2. The van der Waals surface area contributed by atoms with Crippen LogP contribution in [0.2, 0.25) is 0 Å². The molecule has 434 valence electrons. The number of pyridine rings is 1. The number of aromatic nitrogens is 4. The van der Waals surface area contributed by atoms with E-state index in [9.17, 15) is 24.6 Å². The molecule has 6 aliphatic heterocycles. The Labute approximate surface area is 485 Å². The van der Waals surface area contributed by atoms with Crippen LogP contribution < -0.4 is 25.6 Å². The maximum atomic E-state index is 14.4. The molecule has 3 unspecified atom stereocenters. The minimum absolute atomic E-state index is 0.0213. The van der Waals surface area contributed by atoms with Gasteiger partial charge in [-0.3, -0.25) is 29.2 Å². The summed E-state index contributed by atoms with van der Waals surface area (Å²) < 4.78 is 6.59. The molecule has 18 nitrogen and oxygen atoms in total. The Morgan fingerprint density at radius 2 is 1.70 bits per heavy atom. The van der Waals surface area contributed by atoms with Crippen LogP contribution in [0.4, 0.5) is 5.82 Å². The number of benzene rings is 3. The van der Waals surface area contributed by atoms with Crippen LogP contribution in [-0.2, 0) is 14.4 Å². The predicted octanol–water partition coefficient (Wildman–Crippen LogP) is 6.86. The second kappa shape index (κ2) is 23.4. The van der Waals surface area contributed by atoms with Crippen molar-refractivity contribution in [3.8, 4) is 33.5 Å². The molecule has 3 amide bonds. The van der Waals surface area contributed by atoms with E-state index in [4.69, 9.17) is 19.7 Å². The quantitative estimate of drug-likeness (QED) is 0.0713. The standard InChI is InChI=1S/C63H80N12O6S/c1-37-48-12-7-9-43-27-46(76)28-49(54(43)48)55-53(37)56-50(31-65-55)59(74-33-44-10-8-11-45(74)30-64-44)70-62(69-56)81-26-25-71-19-17-40(18-20-71)32-72-21-23-73(24-22-72)35-52(78)68-58(63(4,5)6)61(80)75-34-47(77)29-51(75)60(79)67-38(2)41-13-15-42(16-14-41)57-39(3)66-36-82-57/h7,9,12-16,27-28,31,36-38,40,44-45,47,51,58,64,76-77H,8,10-11,17-26,29-30,32-35H2,1-6H3,(H,67,79)(H,68,78)/t37?,38-,44?,45?,47+,51-,58+/m0/s1. The number of β-amino-alcohol motifs (C(OH)–C–C–N with tert-alkyl or cyclic N) is 1. The molecule has 6 aromatic rings. The smallest absolute Gasteiger partial charge is 0.319 e. The van der Waals surface area contributed by atoms with Crippen molar-refractivity contribution in [2.75, 3.05) is 90.0 Å². The number of phenols is 1. The highest BCUT2D eigenvalue weighted by molar-refractivity contribution is 7.13. The molecule has 6 saturated heterocycles. The predicted molar refractivity (Wildman–Crippen MR) is 320 cm³/mol. The number of aliphatic hydroxyl groups is 1. The maximum Gasteiger partial charge on any atom is 0.319 e. The number of thiazole rings is 1. The highest BCUT2D eigenvalue weighted by Gasteiger charge is 2.45. The van der Waals surface area contributed by atoms with E-state index in [1.54, 1.807) is 11.3 Å². The fraction of sp³-hybridized carbons (Fsp3) is 0.540. The Hall–Kier alpha value is -6.35. The highest BCUT2D eigenvalue weighted by Crippen LogP contribution is 2.49. The van der Waals surface area contributed by atoms with Gasteiger partial charge >= 0.3 is 6.01 Å². The van der Waals surface area contributed by atoms with E-state index in [-0.39, 0.29) is 54.9 Å². The molecule has 1 aliphatic carbocycles. The largest absolute Gasteiger partial charge is 0.508 e. The number of nitrogens with zero attached hydrogens (tertiary/aromatic N) is 9. The van der Waals surface area contributed by atoms with E-state index in [0.29, 0.717) is 30.6 Å². The third kappa shape index (κ3) is 11.5. The molecular formula is C63H80N12O6S. The molecule has 6 fully saturated rings. The van der Waals surface area contributed by atoms with Crippen LogP contribution in [0.3, 0.4) is 0 Å². The Morgan fingerprint density at radius 3 is 2.45 bits per heavy atom. The molecule has 7 atom stereocenters. The minimum Gasteiger partial charge on any atom is -0.508 e. The molecule has 19 heteroatoms. The number of anilines is 1. The molecule has 7 aliphatic rings. The van der Waals surface area contributed by atoms with Crippen LogP contribution in [-0.4, -0.2) is 183 Å². The van der Waals surface area contributed by atoms with Gasteiger partial charge in [-0.1, -0.05) is 70.2 Å². The van der Waals surface area contributed by atoms with Crippen molar-refractivity contribution in [2.24, 2.45) is 11.3 Å². The number of aromatic hydroxyl groups is 1. The van der Waals surface area contributed by atoms with Crippen molar-refractivity contribution in [2.45, 2.75) is 122 Å². The average Bonchev–Trinajstić information content (AvgIpc) is 3.53. The summed E-state index contributed by atoms with van der Waals surface area (Å²) in [4.78, 5) is 74.2. The first-order valence-electron chi connectivity index (χ1n) is 29.9. The van der Waals surface area contributed by atoms with E-state index in [0.717, 1.165) is 157 Å². The number of fused-ring (bicyclic) bond motifs is 8. The van der Waals surface area contributed by atoms with Crippen molar-refractivity contribution >= 4 is 56.6 Å². The molecule has 3 aromatic carbocycles. The number of carbonyl (C=O) groups excluding carboxylic acids is 3. The van der Waals surface area contributed by atoms with E-state index >= 15 is 0 Å². The van der Waals surface area contributed by atoms with Crippen molar-refractivity contribution in [3.63, 3.8) is 0 Å². The minimum atomic E-state index is -0.887. The lowest BCUT2D eigenvalue weighted by Gasteiger charge is -2.39. The zero-order valence-electron chi connectivity index (χ0n) is 48.4. The fourth-order valence-corrected chi connectivity index (χ4v) is 14.7. The first kappa shape index (κ1) is 56.1. The topological polar surface area (TPSA) is 205 Å². The molecule has 5 N–H and O–H groups in total. The molecule has 13 rings (SSSR count). The number of hydrogen-bond donors (Lipinski definition) is 5. The van der Waals surface area contributed by atoms with E-state index in [1.807, 2.05) is 82.7 Å². The van der Waals surface area contributed by atoms with E-state index < -0.39 is 23.6 Å². The molecule has 0 spiro atoms. The monoisotopic (exact) mass is 1130 g/mol. The van der Waals surface area contributed by atoms with Gasteiger partial charge in [0.15, 0.2) is 0 Å². The number of nitrogens with one attached hydrogen (secondary N) is 3. The van der Waals surface area contributed by atoms with Crippen LogP contribution in [0, 0.1) is 18.3 Å². The van der Waals surface area contributed by atoms with Crippen LogP contribution in [0.25, 0.3) is 43.4 Å². The zero-order valence-corrected chi connectivity index (χ0v) is 49.2. The van der Waals surface area contributed by atoms with Crippen LogP contribution >= 0.6 is 11.3 Å². The van der Waals surface area contributed by atoms with Crippen LogP contribution in [0.1, 0.15) is 107 Å². The molecular weight excluding hydrogens is 1050 g/mol. The van der Waals surface area contributed by atoms with Gasteiger partial charge in [0, 0.05) is 101 Å². The molecule has 9 heterocycles. The molecule has 0 radical (unpaired) electrons. The molecule has 2 bridgehead atoms. The Morgan fingerprint density at radius 1 is 0.915 bits per heavy atom. The average molecular weight is 1130 g/mol. The zero-order chi connectivity index (χ0) is 57.0. The summed E-state index contributed by atoms with van der Waals surface area (Å²) in [5.41, 5.74) is 9.05. The SMILES string of the molecule is Cc1ncsc1-c1ccc([C@H](C)NC(=O)[C@@H]2C[C@@H](O)CN2C(=O)[C@@H](NC(=O)CN2CCN(CC3CCN(CCOc4nc(N5CC6CCCC5CN6)c5cnc6c(c5n4)C(C)c4cccc5cc(O)cc-6c45)CC3)CC2)C(C)(C)C)cc1. The second-order valence-electron chi connectivity index (χ2n) is 25.2. The van der Waals surface area contributed by atoms with Gasteiger partial charge in [0.2, 0.25) is 17.7 Å². The Balaban J connectivity index is 0.621. The van der Waals surface area contributed by atoms with Gasteiger partial charge in [-0.15, -0.1) is 11.3 Å². The third-order valence-corrected chi connectivity index (χ3v) is 19.5. The molecule has 3 aromatic heterocycles.